The van der Waals surface area contributed by atoms with Crippen LogP contribution in [0.5, 0.6) is 0 Å². The van der Waals surface area contributed by atoms with Crippen molar-refractivity contribution in [1.82, 2.24) is 10.2 Å². The first-order valence-corrected chi connectivity index (χ1v) is 7.79. The molecule has 2 fully saturated rings. The monoisotopic (exact) mass is 258 g/mol. The normalized spacial score (nSPS) is 29.7. The van der Waals surface area contributed by atoms with E-state index in [-0.39, 0.29) is 5.54 Å². The lowest BCUT2D eigenvalue weighted by atomic mass is 9.84. The number of nitrogens with zero attached hydrogens (tertiary/aromatic N) is 1. The van der Waals surface area contributed by atoms with Crippen LogP contribution in [0, 0.1) is 5.92 Å². The molecular weight excluding hydrogens is 232 g/mol. The van der Waals surface area contributed by atoms with E-state index in [0.717, 1.165) is 19.0 Å². The van der Waals surface area contributed by atoms with Gasteiger partial charge < -0.3 is 10.2 Å². The molecule has 0 radical (unpaired) electrons. The third-order valence-electron chi connectivity index (χ3n) is 4.86. The molecule has 2 heteroatoms. The van der Waals surface area contributed by atoms with Crippen molar-refractivity contribution in [2.24, 2.45) is 5.92 Å². The number of hydrogen-bond donors (Lipinski definition) is 1. The van der Waals surface area contributed by atoms with Crippen LogP contribution in [0.25, 0.3) is 0 Å². The van der Waals surface area contributed by atoms with Gasteiger partial charge >= 0.3 is 0 Å². The number of rotatable bonds is 3. The quantitative estimate of drug-likeness (QED) is 0.896. The van der Waals surface area contributed by atoms with Crippen molar-refractivity contribution in [2.45, 2.75) is 38.1 Å². The smallest absolute Gasteiger partial charge is 0.0534 e. The summed E-state index contributed by atoms with van der Waals surface area (Å²) in [6.45, 7) is 7.21. The zero-order valence-corrected chi connectivity index (χ0v) is 12.1. The van der Waals surface area contributed by atoms with Crippen molar-refractivity contribution < 1.29 is 0 Å². The van der Waals surface area contributed by atoms with Gasteiger partial charge in [-0.05, 0) is 50.8 Å². The Morgan fingerprint density at radius 3 is 2.68 bits per heavy atom. The van der Waals surface area contributed by atoms with Gasteiger partial charge in [0.1, 0.15) is 0 Å². The fraction of sp³-hybridized carbons (Fsp3) is 0.647. The van der Waals surface area contributed by atoms with Crippen LogP contribution in [0.15, 0.2) is 30.3 Å². The Kier molecular flexibility index (Phi) is 3.90. The summed E-state index contributed by atoms with van der Waals surface area (Å²) in [6.07, 6.45) is 5.62. The fourth-order valence-electron chi connectivity index (χ4n) is 3.44. The minimum atomic E-state index is 0.113. The van der Waals surface area contributed by atoms with Gasteiger partial charge in [-0.1, -0.05) is 36.8 Å². The van der Waals surface area contributed by atoms with Crippen molar-refractivity contribution >= 4 is 0 Å². The fourth-order valence-corrected chi connectivity index (χ4v) is 3.44. The maximum absolute atomic E-state index is 3.77. The molecule has 1 aromatic rings. The van der Waals surface area contributed by atoms with Gasteiger partial charge in [-0.15, -0.1) is 0 Å². The molecule has 19 heavy (non-hydrogen) atoms. The van der Waals surface area contributed by atoms with Gasteiger partial charge in [-0.2, -0.15) is 0 Å². The van der Waals surface area contributed by atoms with Crippen LogP contribution >= 0.6 is 0 Å². The molecule has 2 nitrogen and oxygen atoms in total. The molecule has 1 saturated carbocycles. The summed E-state index contributed by atoms with van der Waals surface area (Å²) in [5.41, 5.74) is 1.54. The summed E-state index contributed by atoms with van der Waals surface area (Å²) >= 11 is 0. The Morgan fingerprint density at radius 2 is 2.00 bits per heavy atom. The van der Waals surface area contributed by atoms with Crippen molar-refractivity contribution in [3.8, 4) is 0 Å². The largest absolute Gasteiger partial charge is 0.307 e. The third-order valence-corrected chi connectivity index (χ3v) is 4.86. The summed E-state index contributed by atoms with van der Waals surface area (Å²) in [4.78, 5) is 2.69. The molecule has 0 bridgehead atoms. The van der Waals surface area contributed by atoms with E-state index in [0.29, 0.717) is 0 Å². The maximum atomic E-state index is 3.77. The zero-order valence-electron chi connectivity index (χ0n) is 12.1. The predicted molar refractivity (Wildman–Crippen MR) is 80.2 cm³/mol. The second-order valence-corrected chi connectivity index (χ2v) is 6.51. The Bertz CT molecular complexity index is 399. The molecule has 1 heterocycles. The molecule has 1 unspecified atom stereocenters. The summed E-state index contributed by atoms with van der Waals surface area (Å²) < 4.78 is 0. The summed E-state index contributed by atoms with van der Waals surface area (Å²) in [5.74, 6) is 0.970. The Hall–Kier alpha value is -0.860. The van der Waals surface area contributed by atoms with Gasteiger partial charge in [0, 0.05) is 13.1 Å². The molecule has 0 amide bonds. The minimum Gasteiger partial charge on any atom is -0.307 e. The molecule has 1 atom stereocenters. The van der Waals surface area contributed by atoms with Crippen LogP contribution in [-0.2, 0) is 5.54 Å². The second-order valence-electron chi connectivity index (χ2n) is 6.51. The van der Waals surface area contributed by atoms with Gasteiger partial charge in [-0.25, -0.2) is 0 Å². The first-order valence-electron chi connectivity index (χ1n) is 7.79. The van der Waals surface area contributed by atoms with E-state index in [4.69, 9.17) is 0 Å². The molecule has 0 aromatic heterocycles. The molecule has 1 aromatic carbocycles. The molecule has 0 spiro atoms. The molecular formula is C17H26N2. The average Bonchev–Trinajstić information content (AvgIpc) is 2.58. The van der Waals surface area contributed by atoms with E-state index in [1.807, 2.05) is 0 Å². The Morgan fingerprint density at radius 1 is 1.21 bits per heavy atom. The van der Waals surface area contributed by atoms with E-state index < -0.39 is 0 Å². The molecule has 1 aliphatic carbocycles. The van der Waals surface area contributed by atoms with Crippen molar-refractivity contribution in [1.29, 1.82) is 0 Å². The van der Waals surface area contributed by atoms with Gasteiger partial charge in [0.25, 0.3) is 0 Å². The lowest BCUT2D eigenvalue weighted by molar-refractivity contribution is 0.154. The summed E-state index contributed by atoms with van der Waals surface area (Å²) in [5, 5.41) is 3.77. The van der Waals surface area contributed by atoms with Gasteiger partial charge in [-0.3, -0.25) is 0 Å². The highest BCUT2D eigenvalue weighted by molar-refractivity contribution is 5.24. The Labute approximate surface area is 117 Å². The van der Waals surface area contributed by atoms with E-state index in [1.54, 1.807) is 0 Å². The SMILES string of the molecule is CC1(c2ccccc2)CN(CC2CCC2)CCCN1. The molecule has 1 aliphatic heterocycles. The highest BCUT2D eigenvalue weighted by atomic mass is 15.2. The number of hydrogen-bond acceptors (Lipinski definition) is 2. The number of benzene rings is 1. The summed E-state index contributed by atoms with van der Waals surface area (Å²) in [6, 6.07) is 10.9. The first-order chi connectivity index (χ1) is 9.26. The lowest BCUT2D eigenvalue weighted by Gasteiger charge is -2.37. The second kappa shape index (κ2) is 5.64. The van der Waals surface area contributed by atoms with E-state index in [1.165, 1.54) is 44.3 Å². The van der Waals surface area contributed by atoms with Crippen LogP contribution in [0.4, 0.5) is 0 Å². The van der Waals surface area contributed by atoms with Gasteiger partial charge in [0.05, 0.1) is 5.54 Å². The van der Waals surface area contributed by atoms with Crippen LogP contribution in [0.1, 0.15) is 38.2 Å². The van der Waals surface area contributed by atoms with Crippen molar-refractivity contribution in [3.05, 3.63) is 35.9 Å². The van der Waals surface area contributed by atoms with Crippen molar-refractivity contribution in [3.63, 3.8) is 0 Å². The zero-order chi connectivity index (χ0) is 13.1. The van der Waals surface area contributed by atoms with Gasteiger partial charge in [0.15, 0.2) is 0 Å². The van der Waals surface area contributed by atoms with Crippen LogP contribution in [-0.4, -0.2) is 31.1 Å². The molecule has 3 rings (SSSR count). The van der Waals surface area contributed by atoms with E-state index in [2.05, 4.69) is 47.5 Å². The molecule has 104 valence electrons. The molecule has 1 saturated heterocycles. The standard InChI is InChI=1S/C17H26N2/c1-17(16-9-3-2-4-10-16)14-19(12-6-11-18-17)13-15-7-5-8-15/h2-4,9-10,15,18H,5-8,11-14H2,1H3. The van der Waals surface area contributed by atoms with E-state index in [9.17, 15) is 0 Å². The first kappa shape index (κ1) is 13.1. The highest BCUT2D eigenvalue weighted by Gasteiger charge is 2.32. The van der Waals surface area contributed by atoms with Crippen molar-refractivity contribution in [2.75, 3.05) is 26.2 Å². The third kappa shape index (κ3) is 3.01. The summed E-state index contributed by atoms with van der Waals surface area (Å²) in [7, 11) is 0. The predicted octanol–water partition coefficient (Wildman–Crippen LogP) is 3.00. The lowest BCUT2D eigenvalue weighted by Crippen LogP contribution is -2.47. The average molecular weight is 258 g/mol. The van der Waals surface area contributed by atoms with Crippen LogP contribution in [0.2, 0.25) is 0 Å². The van der Waals surface area contributed by atoms with Gasteiger partial charge in [0.2, 0.25) is 0 Å². The topological polar surface area (TPSA) is 15.3 Å². The molecule has 2 aliphatic rings. The number of nitrogens with one attached hydrogen (secondary N) is 1. The maximum Gasteiger partial charge on any atom is 0.0534 e. The van der Waals surface area contributed by atoms with Crippen LogP contribution in [0.3, 0.4) is 0 Å². The molecule has 1 N–H and O–H groups in total. The highest BCUT2D eigenvalue weighted by Crippen LogP contribution is 2.30. The Balaban J connectivity index is 1.72. The van der Waals surface area contributed by atoms with E-state index >= 15 is 0 Å². The minimum absolute atomic E-state index is 0.113. The van der Waals surface area contributed by atoms with Crippen LogP contribution < -0.4 is 5.32 Å².